The van der Waals surface area contributed by atoms with Crippen LogP contribution in [-0.4, -0.2) is 50.9 Å². The van der Waals surface area contributed by atoms with Gasteiger partial charge < -0.3 is 15.8 Å². The number of halogens is 1. The van der Waals surface area contributed by atoms with Crippen LogP contribution in [-0.2, 0) is 8.85 Å². The Morgan fingerprint density at radius 1 is 0.600 bits per heavy atom. The summed E-state index contributed by atoms with van der Waals surface area (Å²) in [6.45, 7) is 48.9. The molecule has 0 amide bonds. The molecule has 0 N–H and O–H groups in total. The quantitative estimate of drug-likeness (QED) is 0.0511. The van der Waals surface area contributed by atoms with Gasteiger partial charge in [-0.25, -0.2) is 0 Å². The predicted octanol–water partition coefficient (Wildman–Crippen LogP) is 12.3. The van der Waals surface area contributed by atoms with Crippen LogP contribution in [0.2, 0.25) is 75.5 Å². The maximum Gasteiger partial charge on any atom is 1.00 e. The molecule has 0 aromatic rings. The van der Waals surface area contributed by atoms with Crippen molar-refractivity contribution in [1.82, 2.24) is 0 Å². The molecule has 0 spiro atoms. The Morgan fingerprint density at radius 2 is 0.960 bits per heavy atom. The van der Waals surface area contributed by atoms with E-state index in [2.05, 4.69) is 158 Å². The Hall–Kier alpha value is 0.795. The smallest absolute Gasteiger partial charge is 0.414 e. The van der Waals surface area contributed by atoms with E-state index in [1.54, 1.807) is 0 Å². The van der Waals surface area contributed by atoms with Crippen molar-refractivity contribution in [2.45, 2.75) is 234 Å². The molecule has 0 aliphatic carbocycles. The van der Waals surface area contributed by atoms with Gasteiger partial charge in [-0.1, -0.05) is 147 Å². The van der Waals surface area contributed by atoms with E-state index in [1.165, 1.54) is 51.4 Å². The topological polar surface area (TPSA) is 18.5 Å². The van der Waals surface area contributed by atoms with Gasteiger partial charge in [0.1, 0.15) is 16.1 Å². The van der Waals surface area contributed by atoms with Gasteiger partial charge in [-0.2, -0.15) is 6.42 Å². The first-order chi connectivity index (χ1) is 22.1. The van der Waals surface area contributed by atoms with Gasteiger partial charge in [-0.05, 0) is 62.5 Å². The Balaban J connectivity index is -0.000000209. The molecule has 0 rings (SSSR count). The summed E-state index contributed by atoms with van der Waals surface area (Å²) in [5.41, 5.74) is 6.66. The van der Waals surface area contributed by atoms with Crippen LogP contribution in [0.15, 0.2) is 0 Å². The van der Waals surface area contributed by atoms with E-state index in [-0.39, 0.29) is 30.0 Å². The number of hydrogen-bond donors (Lipinski definition) is 0. The third-order valence-corrected chi connectivity index (χ3v) is 20.2. The molecule has 0 aliphatic rings. The van der Waals surface area contributed by atoms with Crippen LogP contribution in [0, 0.1) is 29.9 Å². The Bertz CT molecular complexity index is 903. The molecule has 294 valence electrons. The second-order valence-corrected chi connectivity index (χ2v) is 38.0. The summed E-state index contributed by atoms with van der Waals surface area (Å²) in [6, 6.07) is 0. The fourth-order valence-electron chi connectivity index (χ4n) is 3.80. The normalized spacial score (nSPS) is 13.2. The van der Waals surface area contributed by atoms with Crippen LogP contribution >= 0.6 is 11.6 Å². The van der Waals surface area contributed by atoms with Crippen molar-refractivity contribution in [2.24, 2.45) is 0 Å². The molecular formula is C42H90ClLiO2Si4. The van der Waals surface area contributed by atoms with Gasteiger partial charge in [0.05, 0.1) is 6.10 Å². The monoisotopic (exact) mass is 781 g/mol. The molecule has 0 aromatic carbocycles. The fraction of sp³-hybridized carbons (Fsp3) is 0.881. The Morgan fingerprint density at radius 3 is 1.22 bits per heavy atom. The van der Waals surface area contributed by atoms with Gasteiger partial charge in [-0.15, -0.1) is 34.5 Å². The Kier molecular flexibility index (Phi) is 37.3. The van der Waals surface area contributed by atoms with Gasteiger partial charge >= 0.3 is 18.9 Å². The average Bonchev–Trinajstić information content (AvgIpc) is 2.93. The van der Waals surface area contributed by atoms with Crippen LogP contribution in [0.25, 0.3) is 0 Å². The molecule has 0 aromatic heterocycles. The fourth-order valence-corrected chi connectivity index (χ4v) is 8.34. The zero-order valence-corrected chi connectivity index (χ0v) is 43.0. The molecule has 0 radical (unpaired) electrons. The summed E-state index contributed by atoms with van der Waals surface area (Å²) < 4.78 is 13.0. The van der Waals surface area contributed by atoms with E-state index in [0.29, 0.717) is 17.0 Å². The summed E-state index contributed by atoms with van der Waals surface area (Å²) in [5, 5.41) is 0.572. The standard InChI is InChI=1S/C19H40OSi2.C13H29ClOSi.C6H12Si.C4H9.Li/c1-10-11-12-15-18(16-13-14-17-21(5,6)7)20-22(8,9)19(2,3)4;1-7-8-9-10-12(11-14)15-16(5,6)13(2,3)4;1-5-6-7(2,3)4;1-3-4-2;/h18H,10-13,15-16H2,1-9H3;12H,7-11H2,1-6H3;1-4H3;1,3-4H2,2H3;/q;;;-1;+1/t18-;12-;;;/m00.../s1. The predicted molar refractivity (Wildman–Crippen MR) is 241 cm³/mol. The number of unbranched alkanes of at least 4 members (excludes halogenated alkanes) is 5. The average molecular weight is 782 g/mol. The second-order valence-electron chi connectivity index (χ2n) is 18.7. The van der Waals surface area contributed by atoms with E-state index < -0.39 is 32.8 Å². The third kappa shape index (κ3) is 38.5. The molecule has 0 bridgehead atoms. The van der Waals surface area contributed by atoms with E-state index in [1.807, 2.05) is 6.92 Å². The first-order valence-electron chi connectivity index (χ1n) is 19.8. The van der Waals surface area contributed by atoms with E-state index in [0.717, 1.165) is 25.7 Å². The maximum atomic E-state index is 6.66. The van der Waals surface area contributed by atoms with Gasteiger partial charge in [0.2, 0.25) is 0 Å². The van der Waals surface area contributed by atoms with Crippen molar-refractivity contribution in [2.75, 3.05) is 5.88 Å². The molecule has 0 heterocycles. The number of hydrogen-bond acceptors (Lipinski definition) is 2. The summed E-state index contributed by atoms with van der Waals surface area (Å²) in [5.74, 6) is 6.97. The molecule has 2 atom stereocenters. The summed E-state index contributed by atoms with van der Waals surface area (Å²) in [7, 11) is -5.55. The summed E-state index contributed by atoms with van der Waals surface area (Å²) in [4.78, 5) is 0. The maximum absolute atomic E-state index is 6.66. The minimum atomic E-state index is -1.66. The molecule has 50 heavy (non-hydrogen) atoms. The molecule has 0 aliphatic heterocycles. The molecule has 0 saturated carbocycles. The number of rotatable bonds is 16. The van der Waals surface area contributed by atoms with Crippen LogP contribution in [0.4, 0.5) is 0 Å². The minimum Gasteiger partial charge on any atom is -0.414 e. The first-order valence-corrected chi connectivity index (χ1v) is 33.1. The number of alkyl halides is 1. The largest absolute Gasteiger partial charge is 1.00 e. The van der Waals surface area contributed by atoms with Crippen molar-refractivity contribution in [3.8, 4) is 22.9 Å². The molecule has 0 unspecified atom stereocenters. The minimum absolute atomic E-state index is 0. The van der Waals surface area contributed by atoms with Crippen LogP contribution in [0.3, 0.4) is 0 Å². The van der Waals surface area contributed by atoms with Crippen molar-refractivity contribution in [3.63, 3.8) is 0 Å². The van der Waals surface area contributed by atoms with E-state index in [9.17, 15) is 0 Å². The second kappa shape index (κ2) is 31.0. The van der Waals surface area contributed by atoms with Gasteiger partial charge in [-0.3, -0.25) is 0 Å². The first kappa shape index (κ1) is 60.1. The molecular weight excluding hydrogens is 691 g/mol. The van der Waals surface area contributed by atoms with Gasteiger partial charge in [0.25, 0.3) is 0 Å². The summed E-state index contributed by atoms with van der Waals surface area (Å²) >= 11 is 6.00. The third-order valence-electron chi connectivity index (χ3n) is 8.87. The van der Waals surface area contributed by atoms with Gasteiger partial charge in [0, 0.05) is 18.4 Å². The zero-order chi connectivity index (χ0) is 39.6. The zero-order valence-electron chi connectivity index (χ0n) is 38.2. The Labute approximate surface area is 339 Å². The summed E-state index contributed by atoms with van der Waals surface area (Å²) in [6.07, 6.45) is 15.0. The van der Waals surface area contributed by atoms with Crippen LogP contribution in [0.5, 0.6) is 0 Å². The van der Waals surface area contributed by atoms with Gasteiger partial charge in [0.15, 0.2) is 16.6 Å². The molecule has 2 nitrogen and oxygen atoms in total. The molecule has 0 fully saturated rings. The van der Waals surface area contributed by atoms with Crippen LogP contribution < -0.4 is 18.9 Å². The SMILES string of the molecule is CC#C[Si](C)(C)C.CCCCC[C@@H](CCC#C[Si](C)(C)C)O[Si](C)(C)C(C)(C)C.CCCCC[C@@H](CCl)O[Si](C)(C)C(C)(C)C.[CH2-]CCC.[Li+]. The molecule has 0 saturated heterocycles. The van der Waals surface area contributed by atoms with Crippen LogP contribution in [0.1, 0.15) is 146 Å². The van der Waals surface area contributed by atoms with E-state index >= 15 is 0 Å². The van der Waals surface area contributed by atoms with Crippen molar-refractivity contribution in [1.29, 1.82) is 0 Å². The van der Waals surface area contributed by atoms with E-state index in [4.69, 9.17) is 20.5 Å². The van der Waals surface area contributed by atoms with Crippen molar-refractivity contribution < 1.29 is 27.7 Å². The van der Waals surface area contributed by atoms with Crippen molar-refractivity contribution >= 4 is 44.4 Å². The van der Waals surface area contributed by atoms with Crippen molar-refractivity contribution in [3.05, 3.63) is 6.92 Å². The molecule has 8 heteroatoms.